The number of benzene rings is 2. The predicted octanol–water partition coefficient (Wildman–Crippen LogP) is 7.18. The number of thiophene rings is 1. The number of hydrogen-bond acceptors (Lipinski definition) is 6. The first kappa shape index (κ1) is 24.9. The summed E-state index contributed by atoms with van der Waals surface area (Å²) < 4.78 is 11.6. The van der Waals surface area contributed by atoms with Gasteiger partial charge in [-0.15, -0.1) is 11.3 Å². The molecule has 2 unspecified atom stereocenters. The van der Waals surface area contributed by atoms with Gasteiger partial charge in [-0.3, -0.25) is 9.59 Å². The lowest BCUT2D eigenvalue weighted by atomic mass is 9.69. The summed E-state index contributed by atoms with van der Waals surface area (Å²) in [6.45, 7) is 7.90. The molecule has 4 aromatic rings. The number of rotatable bonds is 6. The number of ether oxygens (including phenoxy) is 1. The van der Waals surface area contributed by atoms with Crippen molar-refractivity contribution >= 4 is 34.2 Å². The largest absolute Gasteiger partial charge is 0.465 e. The minimum atomic E-state index is -0.929. The Balaban J connectivity index is 1.75. The number of carbonyl (C=O) groups excluding carboxylic acids is 2. The number of nitrogens with zero attached hydrogens (tertiary/aromatic N) is 1. The van der Waals surface area contributed by atoms with E-state index in [0.717, 1.165) is 32.0 Å². The number of esters is 1. The Hall–Kier alpha value is -3.77. The second-order valence-electron chi connectivity index (χ2n) is 9.29. The number of oxazole rings is 1. The minimum Gasteiger partial charge on any atom is -0.465 e. The minimum absolute atomic E-state index is 0.218. The lowest BCUT2D eigenvalue weighted by molar-refractivity contribution is -0.151. The molecule has 0 spiro atoms. The molecule has 37 heavy (non-hydrogen) atoms. The van der Waals surface area contributed by atoms with Gasteiger partial charge >= 0.3 is 5.97 Å². The molecule has 6 heteroatoms. The van der Waals surface area contributed by atoms with E-state index in [-0.39, 0.29) is 18.3 Å². The molecule has 1 aliphatic carbocycles. The molecule has 5 nitrogen and oxygen atoms in total. The SMILES string of the molecule is CCOC(=O)C1C(=O)C(c2cc(C)sc2C)=C(c2nc(-c3ccccc3)oc2C)CC1c1ccccc1. The molecule has 2 aromatic heterocycles. The first-order valence-corrected chi connectivity index (χ1v) is 13.3. The van der Waals surface area contributed by atoms with Crippen molar-refractivity contribution in [2.75, 3.05) is 6.61 Å². The number of Topliss-reactive ketones (excluding diaryl/α,β-unsaturated/α-hetero) is 1. The highest BCUT2D eigenvalue weighted by Gasteiger charge is 2.45. The lowest BCUT2D eigenvalue weighted by Gasteiger charge is -2.32. The van der Waals surface area contributed by atoms with Crippen LogP contribution in [0.3, 0.4) is 0 Å². The molecule has 0 saturated carbocycles. The molecule has 5 rings (SSSR count). The fourth-order valence-corrected chi connectivity index (χ4v) is 6.14. The van der Waals surface area contributed by atoms with Crippen LogP contribution in [0.2, 0.25) is 0 Å². The van der Waals surface area contributed by atoms with Crippen molar-refractivity contribution < 1.29 is 18.7 Å². The van der Waals surface area contributed by atoms with Crippen LogP contribution < -0.4 is 0 Å². The molecule has 0 radical (unpaired) electrons. The molecule has 2 aromatic carbocycles. The van der Waals surface area contributed by atoms with E-state index in [9.17, 15) is 9.59 Å². The van der Waals surface area contributed by atoms with Gasteiger partial charge in [0.15, 0.2) is 5.78 Å². The third-order valence-electron chi connectivity index (χ3n) is 6.84. The summed E-state index contributed by atoms with van der Waals surface area (Å²) in [4.78, 5) is 34.6. The van der Waals surface area contributed by atoms with Crippen molar-refractivity contribution in [3.8, 4) is 11.5 Å². The van der Waals surface area contributed by atoms with Crippen LogP contribution in [0.4, 0.5) is 0 Å². The quantitative estimate of drug-likeness (QED) is 0.203. The number of allylic oxidation sites excluding steroid dienone is 2. The average molecular weight is 512 g/mol. The average Bonchev–Trinajstić information content (AvgIpc) is 3.45. The van der Waals surface area contributed by atoms with Gasteiger partial charge < -0.3 is 9.15 Å². The van der Waals surface area contributed by atoms with Crippen molar-refractivity contribution in [2.24, 2.45) is 5.92 Å². The highest BCUT2D eigenvalue weighted by molar-refractivity contribution is 7.12. The summed E-state index contributed by atoms with van der Waals surface area (Å²) in [5, 5.41) is 0. The molecule has 188 valence electrons. The Morgan fingerprint density at radius 3 is 2.35 bits per heavy atom. The van der Waals surface area contributed by atoms with Crippen LogP contribution >= 0.6 is 11.3 Å². The van der Waals surface area contributed by atoms with E-state index < -0.39 is 11.9 Å². The molecule has 0 amide bonds. The van der Waals surface area contributed by atoms with Crippen molar-refractivity contribution in [1.82, 2.24) is 4.98 Å². The van der Waals surface area contributed by atoms with Crippen LogP contribution in [0.25, 0.3) is 22.6 Å². The second-order valence-corrected chi connectivity index (χ2v) is 10.7. The Morgan fingerprint density at radius 2 is 1.73 bits per heavy atom. The Bertz CT molecular complexity index is 1480. The van der Waals surface area contributed by atoms with Gasteiger partial charge in [0.2, 0.25) is 5.89 Å². The van der Waals surface area contributed by atoms with Crippen LogP contribution in [0, 0.1) is 26.7 Å². The fraction of sp³-hybridized carbons (Fsp3) is 0.258. The zero-order valence-electron chi connectivity index (χ0n) is 21.4. The normalized spacial score (nSPS) is 17.8. The van der Waals surface area contributed by atoms with E-state index in [0.29, 0.717) is 29.3 Å². The van der Waals surface area contributed by atoms with Crippen molar-refractivity contribution in [3.05, 3.63) is 99.1 Å². The van der Waals surface area contributed by atoms with E-state index in [1.807, 2.05) is 87.5 Å². The number of ketones is 1. The van der Waals surface area contributed by atoms with E-state index in [2.05, 4.69) is 0 Å². The van der Waals surface area contributed by atoms with E-state index in [1.54, 1.807) is 18.3 Å². The monoisotopic (exact) mass is 511 g/mol. The van der Waals surface area contributed by atoms with Crippen LogP contribution in [0.15, 0.2) is 71.1 Å². The number of hydrogen-bond donors (Lipinski definition) is 0. The molecule has 0 bridgehead atoms. The standard InChI is InChI=1S/C31H29NO4S/c1-5-35-31(34)27-24(21-12-8-6-9-13-21)17-25(26(29(27)33)23-16-18(2)37-20(23)4)28-19(3)36-30(32-28)22-14-10-7-11-15-22/h6-16,24,27H,5,17H2,1-4H3. The Labute approximate surface area is 220 Å². The van der Waals surface area contributed by atoms with Crippen LogP contribution in [0.5, 0.6) is 0 Å². The summed E-state index contributed by atoms with van der Waals surface area (Å²) in [5.41, 5.74) is 4.66. The van der Waals surface area contributed by atoms with Crippen LogP contribution in [-0.4, -0.2) is 23.3 Å². The third kappa shape index (κ3) is 4.69. The first-order valence-electron chi connectivity index (χ1n) is 12.5. The second kappa shape index (κ2) is 10.3. The van der Waals surface area contributed by atoms with Gasteiger partial charge in [0.05, 0.1) is 6.61 Å². The molecule has 2 heterocycles. The van der Waals surface area contributed by atoms with Gasteiger partial charge in [0, 0.05) is 26.8 Å². The predicted molar refractivity (Wildman–Crippen MR) is 146 cm³/mol. The van der Waals surface area contributed by atoms with E-state index >= 15 is 0 Å². The van der Waals surface area contributed by atoms with Crippen LogP contribution in [0.1, 0.15) is 51.6 Å². The molecule has 2 atom stereocenters. The first-order chi connectivity index (χ1) is 17.9. The molecule has 0 fully saturated rings. The van der Waals surface area contributed by atoms with Gasteiger partial charge in [0.1, 0.15) is 17.4 Å². The highest BCUT2D eigenvalue weighted by atomic mass is 32.1. The maximum atomic E-state index is 14.3. The highest BCUT2D eigenvalue weighted by Crippen LogP contribution is 2.48. The van der Waals surface area contributed by atoms with E-state index in [4.69, 9.17) is 14.1 Å². The van der Waals surface area contributed by atoms with Crippen molar-refractivity contribution in [3.63, 3.8) is 0 Å². The maximum Gasteiger partial charge on any atom is 0.317 e. The summed E-state index contributed by atoms with van der Waals surface area (Å²) >= 11 is 1.64. The maximum absolute atomic E-state index is 14.3. The Morgan fingerprint density at radius 1 is 1.05 bits per heavy atom. The van der Waals surface area contributed by atoms with Crippen molar-refractivity contribution in [2.45, 2.75) is 40.0 Å². The summed E-state index contributed by atoms with van der Waals surface area (Å²) in [7, 11) is 0. The zero-order valence-corrected chi connectivity index (χ0v) is 22.2. The summed E-state index contributed by atoms with van der Waals surface area (Å²) in [6, 6.07) is 21.5. The summed E-state index contributed by atoms with van der Waals surface area (Å²) in [6.07, 6.45) is 0.463. The Kier molecular flexibility index (Phi) is 6.94. The summed E-state index contributed by atoms with van der Waals surface area (Å²) in [5.74, 6) is -0.855. The molecule has 0 aliphatic heterocycles. The van der Waals surface area contributed by atoms with Gasteiger partial charge in [-0.2, -0.15) is 0 Å². The topological polar surface area (TPSA) is 69.4 Å². The van der Waals surface area contributed by atoms with Gasteiger partial charge in [0.25, 0.3) is 0 Å². The van der Waals surface area contributed by atoms with Gasteiger partial charge in [-0.25, -0.2) is 4.98 Å². The van der Waals surface area contributed by atoms with Crippen LogP contribution in [-0.2, 0) is 14.3 Å². The van der Waals surface area contributed by atoms with Crippen molar-refractivity contribution in [1.29, 1.82) is 0 Å². The molecule has 0 N–H and O–H groups in total. The smallest absolute Gasteiger partial charge is 0.317 e. The zero-order chi connectivity index (χ0) is 26.1. The number of aryl methyl sites for hydroxylation is 3. The van der Waals surface area contributed by atoms with Gasteiger partial charge in [-0.1, -0.05) is 48.5 Å². The van der Waals surface area contributed by atoms with Gasteiger partial charge in [-0.05, 0) is 69.0 Å². The fourth-order valence-electron chi connectivity index (χ4n) is 5.21. The molecule has 1 aliphatic rings. The molecular weight excluding hydrogens is 482 g/mol. The molecule has 0 saturated heterocycles. The van der Waals surface area contributed by atoms with E-state index in [1.165, 1.54) is 0 Å². The third-order valence-corrected chi connectivity index (χ3v) is 7.80. The lowest BCUT2D eigenvalue weighted by Crippen LogP contribution is -2.36. The number of aromatic nitrogens is 1. The number of carbonyl (C=O) groups is 2. The molecular formula is C31H29NO4S.